The molecule has 116 valence electrons. The predicted molar refractivity (Wildman–Crippen MR) is 93.8 cm³/mol. The molecule has 2 aromatic carbocycles. The molecule has 0 atom stereocenters. The zero-order valence-electron chi connectivity index (χ0n) is 12.8. The zero-order chi connectivity index (χ0) is 16.1. The van der Waals surface area contributed by atoms with Crippen LogP contribution in [0.2, 0.25) is 5.02 Å². The number of nitrogens with one attached hydrogen (secondary N) is 1. The summed E-state index contributed by atoms with van der Waals surface area (Å²) in [5.74, 6) is -0.270. The summed E-state index contributed by atoms with van der Waals surface area (Å²) in [6, 6.07) is 12.6. The van der Waals surface area contributed by atoms with Crippen LogP contribution in [0.5, 0.6) is 0 Å². The highest BCUT2D eigenvalue weighted by Crippen LogP contribution is 2.22. The van der Waals surface area contributed by atoms with Crippen LogP contribution in [-0.4, -0.2) is 19.0 Å². The standard InChI is InChI=1S/C17H20ClN3O/c1-3-21(4-2)14-8-6-13(7-9-14)20-17(22)15-11-12(19)5-10-16(15)18/h5-11H,3-4,19H2,1-2H3,(H,20,22). The number of anilines is 3. The molecule has 0 bridgehead atoms. The van der Waals surface area contributed by atoms with Crippen LogP contribution in [0.25, 0.3) is 0 Å². The summed E-state index contributed by atoms with van der Waals surface area (Å²) in [5.41, 5.74) is 8.43. The largest absolute Gasteiger partial charge is 0.399 e. The lowest BCUT2D eigenvalue weighted by atomic mass is 10.1. The van der Waals surface area contributed by atoms with Crippen molar-refractivity contribution in [3.8, 4) is 0 Å². The molecule has 0 aliphatic carbocycles. The minimum absolute atomic E-state index is 0.270. The van der Waals surface area contributed by atoms with Gasteiger partial charge in [0.05, 0.1) is 10.6 Å². The predicted octanol–water partition coefficient (Wildman–Crippen LogP) is 4.02. The van der Waals surface area contributed by atoms with Crippen molar-refractivity contribution in [2.45, 2.75) is 13.8 Å². The first-order chi connectivity index (χ1) is 10.5. The Morgan fingerprint density at radius 2 is 1.77 bits per heavy atom. The van der Waals surface area contributed by atoms with Gasteiger partial charge < -0.3 is 16.0 Å². The summed E-state index contributed by atoms with van der Waals surface area (Å²) in [6.07, 6.45) is 0. The number of hydrogen-bond donors (Lipinski definition) is 2. The maximum absolute atomic E-state index is 12.3. The lowest BCUT2D eigenvalue weighted by Crippen LogP contribution is -2.21. The second-order valence-corrected chi connectivity index (χ2v) is 5.32. The molecular weight excluding hydrogens is 298 g/mol. The Labute approximate surface area is 135 Å². The summed E-state index contributed by atoms with van der Waals surface area (Å²) in [4.78, 5) is 14.5. The number of benzene rings is 2. The van der Waals surface area contributed by atoms with E-state index >= 15 is 0 Å². The average Bonchev–Trinajstić information content (AvgIpc) is 2.52. The van der Waals surface area contributed by atoms with E-state index in [9.17, 15) is 4.79 Å². The Balaban J connectivity index is 2.13. The van der Waals surface area contributed by atoms with Crippen LogP contribution >= 0.6 is 11.6 Å². The first kappa shape index (κ1) is 16.2. The van der Waals surface area contributed by atoms with Crippen LogP contribution in [0, 0.1) is 0 Å². The minimum Gasteiger partial charge on any atom is -0.399 e. The van der Waals surface area contributed by atoms with E-state index in [0.717, 1.165) is 24.5 Å². The van der Waals surface area contributed by atoms with Crippen LogP contribution in [0.15, 0.2) is 42.5 Å². The van der Waals surface area contributed by atoms with Gasteiger partial charge in [0.15, 0.2) is 0 Å². The smallest absolute Gasteiger partial charge is 0.257 e. The van der Waals surface area contributed by atoms with E-state index in [1.165, 1.54) is 0 Å². The molecule has 0 spiro atoms. The van der Waals surface area contributed by atoms with E-state index in [0.29, 0.717) is 16.3 Å². The summed E-state index contributed by atoms with van der Waals surface area (Å²) in [5, 5.41) is 3.21. The Morgan fingerprint density at radius 3 is 2.36 bits per heavy atom. The van der Waals surface area contributed by atoms with Crippen molar-refractivity contribution in [3.05, 3.63) is 53.1 Å². The first-order valence-electron chi connectivity index (χ1n) is 7.26. The fourth-order valence-electron chi connectivity index (χ4n) is 2.26. The number of carbonyl (C=O) groups is 1. The topological polar surface area (TPSA) is 58.4 Å². The first-order valence-corrected chi connectivity index (χ1v) is 7.64. The number of nitrogen functional groups attached to an aromatic ring is 1. The van der Waals surface area contributed by atoms with Gasteiger partial charge in [-0.2, -0.15) is 0 Å². The van der Waals surface area contributed by atoms with Gasteiger partial charge in [0, 0.05) is 30.2 Å². The third-order valence-electron chi connectivity index (χ3n) is 3.49. The fraction of sp³-hybridized carbons (Fsp3) is 0.235. The maximum atomic E-state index is 12.3. The lowest BCUT2D eigenvalue weighted by Gasteiger charge is -2.21. The third kappa shape index (κ3) is 3.71. The molecule has 0 unspecified atom stereocenters. The van der Waals surface area contributed by atoms with Gasteiger partial charge in [-0.15, -0.1) is 0 Å². The van der Waals surface area contributed by atoms with E-state index in [1.54, 1.807) is 18.2 Å². The van der Waals surface area contributed by atoms with Crippen LogP contribution in [-0.2, 0) is 0 Å². The van der Waals surface area contributed by atoms with Gasteiger partial charge in [0.1, 0.15) is 0 Å². The van der Waals surface area contributed by atoms with Crippen molar-refractivity contribution in [1.82, 2.24) is 0 Å². The maximum Gasteiger partial charge on any atom is 0.257 e. The van der Waals surface area contributed by atoms with Gasteiger partial charge >= 0.3 is 0 Å². The molecule has 0 heterocycles. The molecule has 22 heavy (non-hydrogen) atoms. The second-order valence-electron chi connectivity index (χ2n) is 4.91. The van der Waals surface area contributed by atoms with E-state index in [-0.39, 0.29) is 5.91 Å². The summed E-state index contributed by atoms with van der Waals surface area (Å²) < 4.78 is 0. The number of nitrogens with two attached hydrogens (primary N) is 1. The quantitative estimate of drug-likeness (QED) is 0.819. The highest BCUT2D eigenvalue weighted by Gasteiger charge is 2.11. The molecule has 0 aliphatic heterocycles. The van der Waals surface area contributed by atoms with Gasteiger partial charge in [0.2, 0.25) is 0 Å². The molecule has 0 aromatic heterocycles. The zero-order valence-corrected chi connectivity index (χ0v) is 13.5. The van der Waals surface area contributed by atoms with Crippen molar-refractivity contribution in [2.24, 2.45) is 0 Å². The Morgan fingerprint density at radius 1 is 1.14 bits per heavy atom. The van der Waals surface area contributed by atoms with Crippen molar-refractivity contribution in [3.63, 3.8) is 0 Å². The van der Waals surface area contributed by atoms with Gasteiger partial charge in [-0.3, -0.25) is 4.79 Å². The highest BCUT2D eigenvalue weighted by atomic mass is 35.5. The number of rotatable bonds is 5. The summed E-state index contributed by atoms with van der Waals surface area (Å²) >= 11 is 6.04. The molecule has 0 saturated carbocycles. The van der Waals surface area contributed by atoms with Crippen LogP contribution < -0.4 is 16.0 Å². The minimum atomic E-state index is -0.270. The average molecular weight is 318 g/mol. The van der Waals surface area contributed by atoms with Crippen molar-refractivity contribution < 1.29 is 4.79 Å². The third-order valence-corrected chi connectivity index (χ3v) is 3.82. The molecule has 0 fully saturated rings. The van der Waals surface area contributed by atoms with Crippen molar-refractivity contribution in [1.29, 1.82) is 0 Å². The van der Waals surface area contributed by atoms with Gasteiger partial charge in [0.25, 0.3) is 5.91 Å². The number of carbonyl (C=O) groups excluding carboxylic acids is 1. The number of hydrogen-bond acceptors (Lipinski definition) is 3. The van der Waals surface area contributed by atoms with Crippen LogP contribution in [0.4, 0.5) is 17.1 Å². The van der Waals surface area contributed by atoms with Crippen LogP contribution in [0.3, 0.4) is 0 Å². The van der Waals surface area contributed by atoms with E-state index in [2.05, 4.69) is 24.1 Å². The number of nitrogens with zero attached hydrogens (tertiary/aromatic N) is 1. The van der Waals surface area contributed by atoms with Gasteiger partial charge in [-0.1, -0.05) is 11.6 Å². The molecule has 0 radical (unpaired) electrons. The molecular formula is C17H20ClN3O. The summed E-state index contributed by atoms with van der Waals surface area (Å²) in [7, 11) is 0. The van der Waals surface area contributed by atoms with Gasteiger partial charge in [-0.25, -0.2) is 0 Å². The van der Waals surface area contributed by atoms with Crippen LogP contribution in [0.1, 0.15) is 24.2 Å². The number of halogens is 1. The molecule has 1 amide bonds. The normalized spacial score (nSPS) is 10.3. The molecule has 2 rings (SSSR count). The monoisotopic (exact) mass is 317 g/mol. The lowest BCUT2D eigenvalue weighted by molar-refractivity contribution is 0.102. The Hall–Kier alpha value is -2.20. The molecule has 2 aromatic rings. The Kier molecular flexibility index (Phi) is 5.28. The SMILES string of the molecule is CCN(CC)c1ccc(NC(=O)c2cc(N)ccc2Cl)cc1. The molecule has 5 heteroatoms. The fourth-order valence-corrected chi connectivity index (χ4v) is 2.46. The number of amides is 1. The van der Waals surface area contributed by atoms with Crippen molar-refractivity contribution >= 4 is 34.6 Å². The summed E-state index contributed by atoms with van der Waals surface area (Å²) in [6.45, 7) is 6.12. The van der Waals surface area contributed by atoms with Crippen molar-refractivity contribution in [2.75, 3.05) is 29.0 Å². The van der Waals surface area contributed by atoms with E-state index in [1.807, 2.05) is 24.3 Å². The molecule has 0 saturated heterocycles. The molecule has 0 aliphatic rings. The molecule has 4 nitrogen and oxygen atoms in total. The Bertz CT molecular complexity index is 651. The van der Waals surface area contributed by atoms with E-state index in [4.69, 9.17) is 17.3 Å². The second kappa shape index (κ2) is 7.18. The van der Waals surface area contributed by atoms with Gasteiger partial charge in [-0.05, 0) is 56.3 Å². The molecule has 3 N–H and O–H groups in total. The van der Waals surface area contributed by atoms with E-state index < -0.39 is 0 Å². The highest BCUT2D eigenvalue weighted by molar-refractivity contribution is 6.34.